The van der Waals surface area contributed by atoms with Gasteiger partial charge in [-0.25, -0.2) is 14.4 Å². The van der Waals surface area contributed by atoms with Crippen molar-refractivity contribution in [3.63, 3.8) is 0 Å². The summed E-state index contributed by atoms with van der Waals surface area (Å²) in [5.74, 6) is 0.712. The maximum atomic E-state index is 12.5. The molecule has 3 aromatic rings. The predicted molar refractivity (Wildman–Crippen MR) is 150 cm³/mol. The van der Waals surface area contributed by atoms with Gasteiger partial charge in [0.15, 0.2) is 0 Å². The van der Waals surface area contributed by atoms with Crippen LogP contribution in [-0.4, -0.2) is 31.1 Å². The van der Waals surface area contributed by atoms with Gasteiger partial charge in [0, 0.05) is 12.2 Å². The van der Waals surface area contributed by atoms with Crippen molar-refractivity contribution in [2.24, 2.45) is 0 Å². The summed E-state index contributed by atoms with van der Waals surface area (Å²) < 4.78 is 26.9. The Balaban J connectivity index is 1.35. The summed E-state index contributed by atoms with van der Waals surface area (Å²) in [6, 6.07) is 20.5. The molecule has 0 saturated carbocycles. The highest BCUT2D eigenvalue weighted by atomic mass is 16.5. The lowest BCUT2D eigenvalue weighted by molar-refractivity contribution is -0.137. The molecule has 8 heteroatoms. The molecule has 208 valence electrons. The van der Waals surface area contributed by atoms with Gasteiger partial charge in [-0.05, 0) is 91.9 Å². The SMILES string of the molecule is C=CC(=O)OCCCCCCOc1ccc(C(=O)Oc2ccc(OCc3ccc(OC(=O)C=C)cc3)cc2)cc1. The molecule has 0 aromatic heterocycles. The summed E-state index contributed by atoms with van der Waals surface area (Å²) in [5, 5.41) is 0. The smallest absolute Gasteiger partial charge is 0.343 e. The van der Waals surface area contributed by atoms with E-state index in [2.05, 4.69) is 13.2 Å². The Morgan fingerprint density at radius 2 is 1.10 bits per heavy atom. The molecule has 0 saturated heterocycles. The minimum absolute atomic E-state index is 0.316. The third-order valence-corrected chi connectivity index (χ3v) is 5.56. The van der Waals surface area contributed by atoms with Crippen LogP contribution in [0.1, 0.15) is 41.6 Å². The number of rotatable bonds is 16. The third-order valence-electron chi connectivity index (χ3n) is 5.56. The van der Waals surface area contributed by atoms with Gasteiger partial charge in [0.05, 0.1) is 18.8 Å². The Morgan fingerprint density at radius 1 is 0.575 bits per heavy atom. The first-order valence-corrected chi connectivity index (χ1v) is 12.9. The van der Waals surface area contributed by atoms with Crippen molar-refractivity contribution in [2.75, 3.05) is 13.2 Å². The zero-order chi connectivity index (χ0) is 28.6. The van der Waals surface area contributed by atoms with Crippen molar-refractivity contribution < 1.29 is 38.1 Å². The molecule has 0 amide bonds. The van der Waals surface area contributed by atoms with Gasteiger partial charge in [0.2, 0.25) is 0 Å². The van der Waals surface area contributed by atoms with Gasteiger partial charge < -0.3 is 23.7 Å². The number of carbonyl (C=O) groups excluding carboxylic acids is 3. The summed E-state index contributed by atoms with van der Waals surface area (Å²) in [4.78, 5) is 34.7. The number of hydrogen-bond acceptors (Lipinski definition) is 8. The van der Waals surface area contributed by atoms with Gasteiger partial charge in [-0.15, -0.1) is 0 Å². The van der Waals surface area contributed by atoms with E-state index in [4.69, 9.17) is 23.7 Å². The monoisotopic (exact) mass is 544 g/mol. The fraction of sp³-hybridized carbons (Fsp3) is 0.219. The second kappa shape index (κ2) is 16.2. The van der Waals surface area contributed by atoms with Gasteiger partial charge >= 0.3 is 17.9 Å². The van der Waals surface area contributed by atoms with Crippen LogP contribution in [0.4, 0.5) is 0 Å². The Morgan fingerprint density at radius 3 is 1.75 bits per heavy atom. The molecular formula is C32H32O8. The second-order valence-electron chi connectivity index (χ2n) is 8.58. The predicted octanol–water partition coefficient (Wildman–Crippen LogP) is 6.24. The fourth-order valence-electron chi connectivity index (χ4n) is 3.41. The van der Waals surface area contributed by atoms with E-state index in [9.17, 15) is 14.4 Å². The van der Waals surface area contributed by atoms with Crippen molar-refractivity contribution in [1.29, 1.82) is 0 Å². The molecule has 0 fully saturated rings. The maximum absolute atomic E-state index is 12.5. The Labute approximate surface area is 233 Å². The first-order chi connectivity index (χ1) is 19.5. The lowest BCUT2D eigenvalue weighted by atomic mass is 10.2. The average Bonchev–Trinajstić information content (AvgIpc) is 2.98. The highest BCUT2D eigenvalue weighted by Crippen LogP contribution is 2.21. The summed E-state index contributed by atoms with van der Waals surface area (Å²) in [6.45, 7) is 7.99. The lowest BCUT2D eigenvalue weighted by Gasteiger charge is -2.09. The molecule has 0 aliphatic rings. The summed E-state index contributed by atoms with van der Waals surface area (Å²) in [7, 11) is 0. The molecule has 40 heavy (non-hydrogen) atoms. The van der Waals surface area contributed by atoms with Gasteiger partial charge in [0.25, 0.3) is 0 Å². The van der Waals surface area contributed by atoms with Crippen LogP contribution >= 0.6 is 0 Å². The van der Waals surface area contributed by atoms with Crippen molar-refractivity contribution in [3.05, 3.63) is 109 Å². The third kappa shape index (κ3) is 10.5. The van der Waals surface area contributed by atoms with Crippen LogP contribution in [0.25, 0.3) is 0 Å². The van der Waals surface area contributed by atoms with Gasteiger partial charge in [-0.2, -0.15) is 0 Å². The Kier molecular flexibility index (Phi) is 12.0. The first kappa shape index (κ1) is 29.7. The summed E-state index contributed by atoms with van der Waals surface area (Å²) in [6.07, 6.45) is 5.84. The number of carbonyl (C=O) groups is 3. The highest BCUT2D eigenvalue weighted by Gasteiger charge is 2.09. The number of benzene rings is 3. The number of ether oxygens (including phenoxy) is 5. The van der Waals surface area contributed by atoms with Crippen molar-refractivity contribution in [1.82, 2.24) is 0 Å². The van der Waals surface area contributed by atoms with E-state index in [1.165, 1.54) is 0 Å². The van der Waals surface area contributed by atoms with Crippen LogP contribution in [0.3, 0.4) is 0 Å². The highest BCUT2D eigenvalue weighted by molar-refractivity contribution is 5.91. The number of hydrogen-bond donors (Lipinski definition) is 0. The minimum atomic E-state index is -0.516. The summed E-state index contributed by atoms with van der Waals surface area (Å²) in [5.41, 5.74) is 1.30. The molecule has 0 bridgehead atoms. The van der Waals surface area contributed by atoms with E-state index < -0.39 is 17.9 Å². The molecule has 3 aromatic carbocycles. The summed E-state index contributed by atoms with van der Waals surface area (Å²) >= 11 is 0. The normalized spacial score (nSPS) is 10.2. The molecule has 0 aliphatic heterocycles. The molecule has 0 aliphatic carbocycles. The fourth-order valence-corrected chi connectivity index (χ4v) is 3.41. The number of esters is 3. The van der Waals surface area contributed by atoms with Crippen molar-refractivity contribution >= 4 is 17.9 Å². The van der Waals surface area contributed by atoms with E-state index in [0.29, 0.717) is 48.4 Å². The van der Waals surface area contributed by atoms with Crippen LogP contribution in [0.2, 0.25) is 0 Å². The van der Waals surface area contributed by atoms with Crippen molar-refractivity contribution in [3.8, 4) is 23.0 Å². The van der Waals surface area contributed by atoms with Crippen LogP contribution in [0, 0.1) is 0 Å². The minimum Gasteiger partial charge on any atom is -0.494 e. The molecule has 0 atom stereocenters. The molecule has 0 heterocycles. The molecular weight excluding hydrogens is 512 g/mol. The molecule has 3 rings (SSSR count). The van der Waals surface area contributed by atoms with E-state index in [0.717, 1.165) is 43.4 Å². The lowest BCUT2D eigenvalue weighted by Crippen LogP contribution is -2.08. The first-order valence-electron chi connectivity index (χ1n) is 12.9. The van der Waals surface area contributed by atoms with Crippen LogP contribution in [0.15, 0.2) is 98.1 Å². The molecule has 0 radical (unpaired) electrons. The topological polar surface area (TPSA) is 97.4 Å². The van der Waals surface area contributed by atoms with E-state index in [-0.39, 0.29) is 0 Å². The Bertz CT molecular complexity index is 1260. The van der Waals surface area contributed by atoms with Crippen LogP contribution < -0.4 is 18.9 Å². The van der Waals surface area contributed by atoms with Gasteiger partial charge in [0.1, 0.15) is 29.6 Å². The van der Waals surface area contributed by atoms with E-state index >= 15 is 0 Å². The number of unbranched alkanes of at least 4 members (excludes halogenated alkanes) is 3. The van der Waals surface area contributed by atoms with Crippen LogP contribution in [-0.2, 0) is 20.9 Å². The van der Waals surface area contributed by atoms with E-state index in [1.807, 2.05) is 0 Å². The molecule has 8 nitrogen and oxygen atoms in total. The second-order valence-corrected chi connectivity index (χ2v) is 8.58. The quantitative estimate of drug-likeness (QED) is 0.0904. The Hall–Kier alpha value is -4.85. The average molecular weight is 545 g/mol. The standard InChI is InChI=1S/C32H32O8/c1-3-30(33)37-22-8-6-5-7-21-36-26-15-11-25(12-16-26)32(35)40-29-19-17-27(18-20-29)38-23-24-9-13-28(14-10-24)39-31(34)4-2/h3-4,9-20H,1-2,5-8,21-23H2. The van der Waals surface area contributed by atoms with Gasteiger partial charge in [-0.3, -0.25) is 0 Å². The zero-order valence-corrected chi connectivity index (χ0v) is 22.2. The zero-order valence-electron chi connectivity index (χ0n) is 22.2. The molecule has 0 N–H and O–H groups in total. The van der Waals surface area contributed by atoms with Crippen molar-refractivity contribution in [2.45, 2.75) is 32.3 Å². The van der Waals surface area contributed by atoms with E-state index in [1.54, 1.807) is 72.8 Å². The molecule has 0 spiro atoms. The maximum Gasteiger partial charge on any atom is 0.343 e. The van der Waals surface area contributed by atoms with Crippen LogP contribution in [0.5, 0.6) is 23.0 Å². The molecule has 0 unspecified atom stereocenters. The largest absolute Gasteiger partial charge is 0.494 e. The van der Waals surface area contributed by atoms with Gasteiger partial charge in [-0.1, -0.05) is 25.3 Å².